The third kappa shape index (κ3) is 4.12. The van der Waals surface area contributed by atoms with Gasteiger partial charge in [0.05, 0.1) is 11.4 Å². The summed E-state index contributed by atoms with van der Waals surface area (Å²) in [6.07, 6.45) is 1.51. The molecule has 26 heavy (non-hydrogen) atoms. The summed E-state index contributed by atoms with van der Waals surface area (Å²) in [6.45, 7) is 2.02. The van der Waals surface area contributed by atoms with Crippen LogP contribution in [-0.2, 0) is 21.4 Å². The van der Waals surface area contributed by atoms with Crippen LogP contribution in [0.15, 0.2) is 58.3 Å². The van der Waals surface area contributed by atoms with Crippen LogP contribution in [0.25, 0.3) is 0 Å². The highest BCUT2D eigenvalue weighted by molar-refractivity contribution is 7.93. The van der Waals surface area contributed by atoms with Crippen LogP contribution in [0.1, 0.15) is 10.4 Å². The molecule has 6 nitrogen and oxygen atoms in total. The molecule has 0 aliphatic heterocycles. The molecule has 9 heteroatoms. The Morgan fingerprint density at radius 3 is 2.54 bits per heavy atom. The number of nitrogens with one attached hydrogen (secondary N) is 1. The van der Waals surface area contributed by atoms with Gasteiger partial charge in [0.2, 0.25) is 5.91 Å². The molecule has 0 aliphatic rings. The van der Waals surface area contributed by atoms with Crippen molar-refractivity contribution in [2.45, 2.75) is 18.4 Å². The Morgan fingerprint density at radius 1 is 1.15 bits per heavy atom. The van der Waals surface area contributed by atoms with Gasteiger partial charge in [-0.1, -0.05) is 18.2 Å². The van der Waals surface area contributed by atoms with E-state index < -0.39 is 10.0 Å². The number of aryl methyl sites for hydroxylation is 1. The van der Waals surface area contributed by atoms with Crippen LogP contribution < -0.4 is 9.62 Å². The Morgan fingerprint density at radius 2 is 1.92 bits per heavy atom. The van der Waals surface area contributed by atoms with E-state index in [0.717, 1.165) is 14.7 Å². The van der Waals surface area contributed by atoms with Crippen molar-refractivity contribution < 1.29 is 13.2 Å². The first kappa shape index (κ1) is 18.6. The van der Waals surface area contributed by atoms with Crippen LogP contribution in [0, 0.1) is 6.92 Å². The van der Waals surface area contributed by atoms with Crippen molar-refractivity contribution in [1.82, 2.24) is 10.3 Å². The summed E-state index contributed by atoms with van der Waals surface area (Å²) in [5, 5.41) is 6.68. The molecule has 0 atom stereocenters. The lowest BCUT2D eigenvalue weighted by Gasteiger charge is -2.21. The van der Waals surface area contributed by atoms with Crippen molar-refractivity contribution in [2.75, 3.05) is 10.8 Å². The second kappa shape index (κ2) is 7.98. The number of hydrogen-bond donors (Lipinski definition) is 1. The third-order valence-corrected chi connectivity index (χ3v) is 7.35. The number of thiazole rings is 1. The Labute approximate surface area is 160 Å². The molecule has 3 aromatic rings. The Hall–Kier alpha value is -2.23. The minimum atomic E-state index is -3.88. The summed E-state index contributed by atoms with van der Waals surface area (Å²) >= 11 is 2.72. The van der Waals surface area contributed by atoms with Crippen molar-refractivity contribution in [3.05, 3.63) is 63.8 Å². The molecule has 136 valence electrons. The fourth-order valence-corrected chi connectivity index (χ4v) is 5.38. The SMILES string of the molecule is Cc1ccsc1CNC(=O)CN(c1nccs1)S(=O)(=O)c1ccccc1. The predicted octanol–water partition coefficient (Wildman–Crippen LogP) is 3.02. The summed E-state index contributed by atoms with van der Waals surface area (Å²) in [5.74, 6) is -0.382. The monoisotopic (exact) mass is 407 g/mol. The molecule has 0 bridgehead atoms. The molecule has 0 saturated carbocycles. The smallest absolute Gasteiger partial charge is 0.266 e. The zero-order valence-corrected chi connectivity index (χ0v) is 16.4. The maximum absolute atomic E-state index is 13.0. The Balaban J connectivity index is 1.79. The van der Waals surface area contributed by atoms with Crippen molar-refractivity contribution >= 4 is 43.7 Å². The fourth-order valence-electron chi connectivity index (χ4n) is 2.26. The summed E-state index contributed by atoms with van der Waals surface area (Å²) in [5.41, 5.74) is 1.10. The summed E-state index contributed by atoms with van der Waals surface area (Å²) in [6, 6.07) is 10.0. The van der Waals surface area contributed by atoms with Crippen LogP contribution in [0.3, 0.4) is 0 Å². The van der Waals surface area contributed by atoms with Gasteiger partial charge in [0.1, 0.15) is 6.54 Å². The molecule has 3 rings (SSSR count). The fraction of sp³-hybridized carbons (Fsp3) is 0.176. The van der Waals surface area contributed by atoms with Gasteiger partial charge in [0.15, 0.2) is 5.13 Å². The molecule has 1 N–H and O–H groups in total. The van der Waals surface area contributed by atoms with Crippen LogP contribution >= 0.6 is 22.7 Å². The lowest BCUT2D eigenvalue weighted by molar-refractivity contribution is -0.119. The average molecular weight is 408 g/mol. The van der Waals surface area contributed by atoms with Crippen LogP contribution in [0.5, 0.6) is 0 Å². The van der Waals surface area contributed by atoms with Crippen molar-refractivity contribution in [3.8, 4) is 0 Å². The number of thiophene rings is 1. The number of rotatable bonds is 7. The van der Waals surface area contributed by atoms with E-state index in [1.807, 2.05) is 18.4 Å². The Kier molecular flexibility index (Phi) is 5.70. The Bertz CT molecular complexity index is 967. The van der Waals surface area contributed by atoms with Gasteiger partial charge in [0.25, 0.3) is 10.0 Å². The van der Waals surface area contributed by atoms with E-state index in [-0.39, 0.29) is 22.5 Å². The van der Waals surface area contributed by atoms with Gasteiger partial charge in [-0.2, -0.15) is 0 Å². The van der Waals surface area contributed by atoms with Crippen LogP contribution in [0.4, 0.5) is 5.13 Å². The van der Waals surface area contributed by atoms with E-state index in [0.29, 0.717) is 6.54 Å². The maximum Gasteiger partial charge on any atom is 0.266 e. The van der Waals surface area contributed by atoms with Crippen LogP contribution in [0.2, 0.25) is 0 Å². The summed E-state index contributed by atoms with van der Waals surface area (Å²) in [7, 11) is -3.88. The molecule has 1 aromatic carbocycles. The molecule has 0 aliphatic carbocycles. The largest absolute Gasteiger partial charge is 0.350 e. The first-order valence-electron chi connectivity index (χ1n) is 7.75. The van der Waals surface area contributed by atoms with Crippen molar-refractivity contribution in [2.24, 2.45) is 0 Å². The minimum Gasteiger partial charge on any atom is -0.350 e. The normalized spacial score (nSPS) is 11.3. The van der Waals surface area contributed by atoms with E-state index >= 15 is 0 Å². The number of nitrogens with zero attached hydrogens (tertiary/aromatic N) is 2. The van der Waals surface area contributed by atoms with E-state index in [4.69, 9.17) is 0 Å². The van der Waals surface area contributed by atoms with E-state index in [2.05, 4.69) is 10.3 Å². The third-order valence-electron chi connectivity index (χ3n) is 3.67. The van der Waals surface area contributed by atoms with Gasteiger partial charge in [-0.25, -0.2) is 17.7 Å². The molecule has 0 spiro atoms. The summed E-state index contributed by atoms with van der Waals surface area (Å²) < 4.78 is 27.0. The molecular formula is C17H17N3O3S3. The molecule has 0 radical (unpaired) electrons. The topological polar surface area (TPSA) is 79.4 Å². The van der Waals surface area contributed by atoms with Gasteiger partial charge >= 0.3 is 0 Å². The highest BCUT2D eigenvalue weighted by atomic mass is 32.2. The van der Waals surface area contributed by atoms with Gasteiger partial charge < -0.3 is 5.32 Å². The van der Waals surface area contributed by atoms with E-state index in [1.165, 1.54) is 29.7 Å². The molecule has 2 heterocycles. The predicted molar refractivity (Wildman–Crippen MR) is 104 cm³/mol. The molecule has 2 aromatic heterocycles. The molecule has 0 unspecified atom stereocenters. The van der Waals surface area contributed by atoms with Gasteiger partial charge in [0, 0.05) is 16.5 Å². The zero-order valence-electron chi connectivity index (χ0n) is 14.0. The molecule has 1 amide bonds. The van der Waals surface area contributed by atoms with Gasteiger partial charge in [-0.3, -0.25) is 4.79 Å². The zero-order chi connectivity index (χ0) is 18.6. The second-order valence-electron chi connectivity index (χ2n) is 5.44. The number of amides is 1. The summed E-state index contributed by atoms with van der Waals surface area (Å²) in [4.78, 5) is 17.6. The lowest BCUT2D eigenvalue weighted by Crippen LogP contribution is -2.40. The maximum atomic E-state index is 13.0. The highest BCUT2D eigenvalue weighted by Crippen LogP contribution is 2.25. The number of aromatic nitrogens is 1. The van der Waals surface area contributed by atoms with E-state index in [1.54, 1.807) is 34.9 Å². The first-order chi connectivity index (χ1) is 12.5. The average Bonchev–Trinajstić information content (AvgIpc) is 3.30. The standard InChI is InChI=1S/C17H17N3O3S3/c1-13-7-9-24-15(13)11-19-16(21)12-20(17-18-8-10-25-17)26(22,23)14-5-3-2-4-6-14/h2-10H,11-12H2,1H3,(H,19,21). The quantitative estimate of drug-likeness (QED) is 0.653. The molecule has 0 saturated heterocycles. The number of carbonyl (C=O) groups excluding carboxylic acids is 1. The second-order valence-corrected chi connectivity index (χ2v) is 9.18. The van der Waals surface area contributed by atoms with E-state index in [9.17, 15) is 13.2 Å². The number of carbonyl (C=O) groups is 1. The number of anilines is 1. The van der Waals surface area contributed by atoms with Crippen molar-refractivity contribution in [3.63, 3.8) is 0 Å². The minimum absolute atomic E-state index is 0.122. The van der Waals surface area contributed by atoms with Crippen LogP contribution in [-0.4, -0.2) is 25.9 Å². The van der Waals surface area contributed by atoms with Crippen molar-refractivity contribution in [1.29, 1.82) is 0 Å². The van der Waals surface area contributed by atoms with Gasteiger partial charge in [-0.05, 0) is 36.1 Å². The number of hydrogen-bond acceptors (Lipinski definition) is 6. The van der Waals surface area contributed by atoms with Gasteiger partial charge in [-0.15, -0.1) is 22.7 Å². The molecule has 0 fully saturated rings. The number of sulfonamides is 1. The molecular weight excluding hydrogens is 390 g/mol. The highest BCUT2D eigenvalue weighted by Gasteiger charge is 2.28. The number of benzene rings is 1. The lowest BCUT2D eigenvalue weighted by atomic mass is 10.3. The first-order valence-corrected chi connectivity index (χ1v) is 11.0.